The quantitative estimate of drug-likeness (QED) is 0.0233. The number of rotatable bonds is 34. The Morgan fingerprint density at radius 1 is 0.627 bits per heavy atom. The number of carboxylic acids is 1. The number of likely N-dealkylation sites (N-methyl/N-ethyl adjacent to an activating group) is 1. The highest BCUT2D eigenvalue weighted by Gasteiger charge is 2.31. The molecular formula is C43H74NO7+. The van der Waals surface area contributed by atoms with Crippen LogP contribution in [0.15, 0.2) is 60.8 Å². The molecule has 0 saturated carbocycles. The van der Waals surface area contributed by atoms with Crippen LogP contribution in [0.2, 0.25) is 0 Å². The Morgan fingerprint density at radius 3 is 1.78 bits per heavy atom. The molecule has 8 nitrogen and oxygen atoms in total. The summed E-state index contributed by atoms with van der Waals surface area (Å²) in [5.41, 5.74) is 0. The lowest BCUT2D eigenvalue weighted by Gasteiger charge is -2.31. The van der Waals surface area contributed by atoms with Crippen molar-refractivity contribution in [2.75, 3.05) is 41.0 Å². The van der Waals surface area contributed by atoms with Crippen molar-refractivity contribution in [2.45, 2.75) is 154 Å². The van der Waals surface area contributed by atoms with Crippen molar-refractivity contribution in [3.8, 4) is 0 Å². The number of nitrogens with zero attached hydrogens (tertiary/aromatic N) is 1. The molecule has 0 aromatic carbocycles. The van der Waals surface area contributed by atoms with Gasteiger partial charge in [-0.3, -0.25) is 9.59 Å². The summed E-state index contributed by atoms with van der Waals surface area (Å²) in [7, 11) is 5.49. The number of aliphatic carboxylic acids is 1. The number of hydrogen-bond donors (Lipinski definition) is 1. The first-order valence-corrected chi connectivity index (χ1v) is 19.8. The van der Waals surface area contributed by atoms with Gasteiger partial charge in [-0.05, 0) is 64.2 Å². The van der Waals surface area contributed by atoms with Crippen LogP contribution in [0.3, 0.4) is 0 Å². The van der Waals surface area contributed by atoms with Crippen molar-refractivity contribution in [1.82, 2.24) is 0 Å². The predicted octanol–water partition coefficient (Wildman–Crippen LogP) is 10.2. The Bertz CT molecular complexity index is 1020. The third kappa shape index (κ3) is 32.7. The Hall–Kier alpha value is -2.97. The summed E-state index contributed by atoms with van der Waals surface area (Å²) in [5.74, 6) is -1.58. The van der Waals surface area contributed by atoms with Crippen LogP contribution in [0, 0.1) is 0 Å². The maximum atomic E-state index is 12.7. The van der Waals surface area contributed by atoms with Crippen molar-refractivity contribution < 1.29 is 38.2 Å². The van der Waals surface area contributed by atoms with Gasteiger partial charge in [-0.25, -0.2) is 4.79 Å². The van der Waals surface area contributed by atoms with E-state index < -0.39 is 18.1 Å². The van der Waals surface area contributed by atoms with E-state index in [1.807, 2.05) is 21.1 Å². The average Bonchev–Trinajstić information content (AvgIpc) is 3.08. The molecule has 0 bridgehead atoms. The van der Waals surface area contributed by atoms with Crippen LogP contribution >= 0.6 is 0 Å². The Labute approximate surface area is 311 Å². The number of esters is 2. The maximum absolute atomic E-state index is 12.7. The standard InChI is InChI=1S/C43H73NO7/c1-6-8-10-12-14-16-18-19-20-21-22-24-26-28-30-32-34-42(46)51-39(37-49-36-35-40(43(47)48)44(3,4)5)38-50-41(45)33-31-29-27-25-23-17-15-13-11-9-7-2/h9,11,15,17,20-22,24-25,27,39-40H,6-8,10,12-14,16,18-19,23,26,28-38H2,1-5H3/p+1/b11-9+,17-15+,21-20+,24-22+,27-25+. The molecule has 0 aromatic heterocycles. The number of carbonyl (C=O) groups is 3. The van der Waals surface area contributed by atoms with Crippen molar-refractivity contribution >= 4 is 17.9 Å². The van der Waals surface area contributed by atoms with E-state index in [4.69, 9.17) is 14.2 Å². The first-order chi connectivity index (χ1) is 24.6. The van der Waals surface area contributed by atoms with E-state index in [0.29, 0.717) is 12.8 Å². The normalized spacial score (nSPS) is 13.7. The molecule has 0 amide bonds. The SMILES string of the molecule is CC/C=C/C/C=C/C/C=C/CCCC(=O)OCC(COCCC(C(=O)O)[N+](C)(C)C)OC(=O)CCCCC/C=C/C=C/CCCCCCCCC. The molecule has 0 aliphatic rings. The van der Waals surface area contributed by atoms with Crippen LogP contribution < -0.4 is 0 Å². The topological polar surface area (TPSA) is 99.1 Å². The van der Waals surface area contributed by atoms with Gasteiger partial charge in [-0.15, -0.1) is 0 Å². The molecule has 1 N–H and O–H groups in total. The summed E-state index contributed by atoms with van der Waals surface area (Å²) in [6.45, 7) is 4.50. The van der Waals surface area contributed by atoms with E-state index in [1.54, 1.807) is 0 Å². The second-order valence-corrected chi connectivity index (χ2v) is 14.2. The summed E-state index contributed by atoms with van der Waals surface area (Å²) in [6.07, 6.45) is 39.9. The summed E-state index contributed by atoms with van der Waals surface area (Å²) in [6, 6.07) is -0.627. The summed E-state index contributed by atoms with van der Waals surface area (Å²) >= 11 is 0. The van der Waals surface area contributed by atoms with Gasteiger partial charge in [0.15, 0.2) is 12.1 Å². The summed E-state index contributed by atoms with van der Waals surface area (Å²) in [4.78, 5) is 36.8. The Kier molecular flexibility index (Phi) is 32.1. The fraction of sp³-hybridized carbons (Fsp3) is 0.698. The largest absolute Gasteiger partial charge is 0.477 e. The molecule has 0 fully saturated rings. The number of carbonyl (C=O) groups excluding carboxylic acids is 2. The Balaban J connectivity index is 4.52. The van der Waals surface area contributed by atoms with Crippen LogP contribution in [-0.4, -0.2) is 80.6 Å². The molecule has 51 heavy (non-hydrogen) atoms. The molecule has 0 aliphatic heterocycles. The molecule has 8 heteroatoms. The van der Waals surface area contributed by atoms with Crippen LogP contribution in [0.5, 0.6) is 0 Å². The summed E-state index contributed by atoms with van der Waals surface area (Å²) < 4.78 is 17.1. The van der Waals surface area contributed by atoms with Crippen LogP contribution in [0.4, 0.5) is 0 Å². The lowest BCUT2D eigenvalue weighted by molar-refractivity contribution is -0.887. The van der Waals surface area contributed by atoms with Gasteiger partial charge in [-0.1, -0.05) is 120 Å². The van der Waals surface area contributed by atoms with Gasteiger partial charge in [0.25, 0.3) is 0 Å². The average molecular weight is 717 g/mol. The highest BCUT2D eigenvalue weighted by atomic mass is 16.6. The zero-order valence-corrected chi connectivity index (χ0v) is 33.0. The first kappa shape index (κ1) is 48.0. The third-order valence-electron chi connectivity index (χ3n) is 8.43. The number of quaternary nitrogens is 1. The van der Waals surface area contributed by atoms with E-state index in [-0.39, 0.29) is 49.1 Å². The van der Waals surface area contributed by atoms with Crippen molar-refractivity contribution in [1.29, 1.82) is 0 Å². The first-order valence-electron chi connectivity index (χ1n) is 19.8. The molecule has 0 saturated heterocycles. The van der Waals surface area contributed by atoms with E-state index in [1.165, 1.54) is 44.9 Å². The van der Waals surface area contributed by atoms with Gasteiger partial charge in [0.05, 0.1) is 34.4 Å². The minimum atomic E-state index is -0.889. The van der Waals surface area contributed by atoms with Crippen LogP contribution in [-0.2, 0) is 28.6 Å². The molecule has 0 aromatic rings. The van der Waals surface area contributed by atoms with Gasteiger partial charge in [0, 0.05) is 19.3 Å². The third-order valence-corrected chi connectivity index (χ3v) is 8.43. The van der Waals surface area contributed by atoms with E-state index in [9.17, 15) is 19.5 Å². The fourth-order valence-corrected chi connectivity index (χ4v) is 5.34. The van der Waals surface area contributed by atoms with Crippen molar-refractivity contribution in [3.63, 3.8) is 0 Å². The second kappa shape index (κ2) is 34.1. The molecular weight excluding hydrogens is 642 g/mol. The molecule has 0 radical (unpaired) electrons. The zero-order valence-electron chi connectivity index (χ0n) is 33.0. The predicted molar refractivity (Wildman–Crippen MR) is 211 cm³/mol. The highest BCUT2D eigenvalue weighted by molar-refractivity contribution is 5.72. The van der Waals surface area contributed by atoms with Gasteiger partial charge in [0.2, 0.25) is 0 Å². The number of carboxylic acid groups (broad SMARTS) is 1. The van der Waals surface area contributed by atoms with Gasteiger partial charge < -0.3 is 23.8 Å². The second-order valence-electron chi connectivity index (χ2n) is 14.2. The maximum Gasteiger partial charge on any atom is 0.362 e. The van der Waals surface area contributed by atoms with E-state index >= 15 is 0 Å². The fourth-order valence-electron chi connectivity index (χ4n) is 5.34. The minimum absolute atomic E-state index is 0.0320. The van der Waals surface area contributed by atoms with Crippen LogP contribution in [0.1, 0.15) is 142 Å². The van der Waals surface area contributed by atoms with Gasteiger partial charge in [0.1, 0.15) is 6.61 Å². The molecule has 2 atom stereocenters. The molecule has 0 spiro atoms. The highest BCUT2D eigenvalue weighted by Crippen LogP contribution is 2.12. The number of hydrogen-bond acceptors (Lipinski definition) is 6. The van der Waals surface area contributed by atoms with Gasteiger partial charge >= 0.3 is 17.9 Å². The lowest BCUT2D eigenvalue weighted by Crippen LogP contribution is -2.50. The zero-order chi connectivity index (χ0) is 37.8. The Morgan fingerprint density at radius 2 is 1.18 bits per heavy atom. The van der Waals surface area contributed by atoms with Crippen molar-refractivity contribution in [2.24, 2.45) is 0 Å². The summed E-state index contributed by atoms with van der Waals surface area (Å²) in [5, 5.41) is 9.58. The number of unbranched alkanes of at least 4 members (excludes halogenated alkanes) is 11. The van der Waals surface area contributed by atoms with E-state index in [0.717, 1.165) is 57.8 Å². The molecule has 0 aliphatic carbocycles. The monoisotopic (exact) mass is 717 g/mol. The van der Waals surface area contributed by atoms with Crippen molar-refractivity contribution in [3.05, 3.63) is 60.8 Å². The van der Waals surface area contributed by atoms with Gasteiger partial charge in [-0.2, -0.15) is 0 Å². The minimum Gasteiger partial charge on any atom is -0.477 e. The lowest BCUT2D eigenvalue weighted by atomic mass is 10.1. The molecule has 0 rings (SSSR count). The molecule has 0 heterocycles. The smallest absolute Gasteiger partial charge is 0.362 e. The number of ether oxygens (including phenoxy) is 3. The van der Waals surface area contributed by atoms with E-state index in [2.05, 4.69) is 74.6 Å². The number of allylic oxidation sites excluding steroid dienone is 10. The van der Waals surface area contributed by atoms with Crippen LogP contribution in [0.25, 0.3) is 0 Å². The molecule has 2 unspecified atom stereocenters. The molecule has 292 valence electrons.